The Bertz CT molecular complexity index is 552. The van der Waals surface area contributed by atoms with Gasteiger partial charge in [-0.15, -0.1) is 0 Å². The number of imidazole rings is 1. The first-order valence-corrected chi connectivity index (χ1v) is 5.68. The molecule has 0 aliphatic rings. The molecule has 0 unspecified atom stereocenters. The van der Waals surface area contributed by atoms with Crippen molar-refractivity contribution in [1.29, 1.82) is 0 Å². The predicted molar refractivity (Wildman–Crippen MR) is 67.9 cm³/mol. The maximum Gasteiger partial charge on any atom is 0.344 e. The minimum Gasteiger partial charge on any atom is -0.492 e. The second kappa shape index (κ2) is 5.80. The number of rotatable bonds is 6. The zero-order chi connectivity index (χ0) is 13.7. The number of hydrogen-bond acceptors (Lipinski definition) is 6. The number of pyridine rings is 1. The monoisotopic (exact) mass is 263 g/mol. The first-order chi connectivity index (χ1) is 9.20. The van der Waals surface area contributed by atoms with Gasteiger partial charge < -0.3 is 20.2 Å². The van der Waals surface area contributed by atoms with Crippen LogP contribution in [0.4, 0.5) is 11.6 Å². The molecule has 0 radical (unpaired) electrons. The Hall–Kier alpha value is -2.64. The van der Waals surface area contributed by atoms with Crippen LogP contribution < -0.4 is 10.1 Å². The molecule has 0 fully saturated rings. The van der Waals surface area contributed by atoms with E-state index in [-0.39, 0.29) is 12.5 Å². The largest absolute Gasteiger partial charge is 0.492 e. The lowest BCUT2D eigenvalue weighted by Crippen LogP contribution is -2.10. The van der Waals surface area contributed by atoms with Crippen LogP contribution in [-0.2, 0) is 6.67 Å². The van der Waals surface area contributed by atoms with Crippen LogP contribution in [0.15, 0.2) is 30.9 Å². The van der Waals surface area contributed by atoms with Crippen molar-refractivity contribution in [2.45, 2.75) is 13.6 Å². The van der Waals surface area contributed by atoms with Gasteiger partial charge in [0, 0.05) is 0 Å². The summed E-state index contributed by atoms with van der Waals surface area (Å²) in [4.78, 5) is 18.1. The normalized spacial score (nSPS) is 10.2. The fraction of sp³-hybridized carbons (Fsp3) is 0.273. The van der Waals surface area contributed by atoms with Crippen molar-refractivity contribution < 1.29 is 9.66 Å². The molecule has 8 heteroatoms. The molecule has 100 valence electrons. The van der Waals surface area contributed by atoms with E-state index in [2.05, 4.69) is 15.3 Å². The molecular weight excluding hydrogens is 250 g/mol. The fourth-order valence-corrected chi connectivity index (χ4v) is 1.49. The molecule has 0 aliphatic carbocycles. The van der Waals surface area contributed by atoms with Crippen molar-refractivity contribution in [3.05, 3.63) is 41.0 Å². The van der Waals surface area contributed by atoms with Crippen LogP contribution in [0, 0.1) is 10.1 Å². The molecular formula is C11H13N5O3. The molecule has 0 bridgehead atoms. The lowest BCUT2D eigenvalue weighted by Gasteiger charge is -2.06. The van der Waals surface area contributed by atoms with Crippen molar-refractivity contribution in [2.75, 3.05) is 11.9 Å². The smallest absolute Gasteiger partial charge is 0.344 e. The third kappa shape index (κ3) is 3.18. The van der Waals surface area contributed by atoms with Gasteiger partial charge in [-0.05, 0) is 24.0 Å². The molecule has 8 nitrogen and oxygen atoms in total. The number of anilines is 1. The molecule has 0 spiro atoms. The van der Waals surface area contributed by atoms with Crippen molar-refractivity contribution in [2.24, 2.45) is 0 Å². The van der Waals surface area contributed by atoms with Gasteiger partial charge in [0.1, 0.15) is 17.8 Å². The van der Waals surface area contributed by atoms with Gasteiger partial charge in [0.05, 0.1) is 12.8 Å². The number of nitrogens with one attached hydrogen (secondary N) is 1. The van der Waals surface area contributed by atoms with Crippen molar-refractivity contribution in [3.8, 4) is 5.75 Å². The minimum atomic E-state index is -0.486. The third-order valence-electron chi connectivity index (χ3n) is 2.36. The lowest BCUT2D eigenvalue weighted by molar-refractivity contribution is -0.392. The van der Waals surface area contributed by atoms with Gasteiger partial charge in [0.15, 0.2) is 13.0 Å². The van der Waals surface area contributed by atoms with Gasteiger partial charge in [-0.2, -0.15) is 4.57 Å². The van der Waals surface area contributed by atoms with Crippen LogP contribution in [0.2, 0.25) is 0 Å². The number of nitrogens with zero attached hydrogens (tertiary/aromatic N) is 4. The van der Waals surface area contributed by atoms with Crippen LogP contribution in [0.1, 0.15) is 6.92 Å². The van der Waals surface area contributed by atoms with Gasteiger partial charge in [0.2, 0.25) is 0 Å². The highest BCUT2D eigenvalue weighted by Crippen LogP contribution is 2.13. The Morgan fingerprint density at radius 3 is 2.95 bits per heavy atom. The first-order valence-electron chi connectivity index (χ1n) is 5.68. The molecule has 0 saturated heterocycles. The standard InChI is InChI=1S/C11H13N5O3/c1-2-19-9-3-4-10(13-5-9)14-8-15-7-12-6-11(15)16(17)18/h3-7H,2,8H2,1H3,(H,13,14). The topological polar surface area (TPSA) is 95.1 Å². The SMILES string of the molecule is CCOc1ccc(NCn2cncc2[N+](=O)[O-])nc1. The van der Waals surface area contributed by atoms with E-state index >= 15 is 0 Å². The van der Waals surface area contributed by atoms with E-state index in [4.69, 9.17) is 4.74 Å². The summed E-state index contributed by atoms with van der Waals surface area (Å²) in [6, 6.07) is 3.52. The van der Waals surface area contributed by atoms with Crippen LogP contribution in [0.25, 0.3) is 0 Å². The van der Waals surface area contributed by atoms with Crippen molar-refractivity contribution >= 4 is 11.6 Å². The highest BCUT2D eigenvalue weighted by molar-refractivity contribution is 5.37. The maximum absolute atomic E-state index is 10.7. The summed E-state index contributed by atoms with van der Waals surface area (Å²) in [7, 11) is 0. The highest BCUT2D eigenvalue weighted by Gasteiger charge is 2.12. The highest BCUT2D eigenvalue weighted by atomic mass is 16.6. The maximum atomic E-state index is 10.7. The quantitative estimate of drug-likeness (QED) is 0.629. The van der Waals surface area contributed by atoms with Crippen LogP contribution in [0.3, 0.4) is 0 Å². The molecule has 0 aromatic carbocycles. The summed E-state index contributed by atoms with van der Waals surface area (Å²) in [6.45, 7) is 2.69. The van der Waals surface area contributed by atoms with Gasteiger partial charge in [0.25, 0.3) is 0 Å². The Morgan fingerprint density at radius 2 is 2.32 bits per heavy atom. The van der Waals surface area contributed by atoms with E-state index in [1.165, 1.54) is 17.1 Å². The molecule has 1 N–H and O–H groups in total. The molecule has 2 aromatic heterocycles. The Morgan fingerprint density at radius 1 is 1.47 bits per heavy atom. The van der Waals surface area contributed by atoms with E-state index in [1.807, 2.05) is 6.92 Å². The number of nitro groups is 1. The van der Waals surface area contributed by atoms with Crippen LogP contribution in [-0.4, -0.2) is 26.1 Å². The van der Waals surface area contributed by atoms with Gasteiger partial charge in [-0.1, -0.05) is 0 Å². The molecule has 0 saturated carbocycles. The first kappa shape index (κ1) is 12.8. The molecule has 0 atom stereocenters. The molecule has 2 heterocycles. The average Bonchev–Trinajstić information content (AvgIpc) is 2.87. The molecule has 0 amide bonds. The molecule has 0 aliphatic heterocycles. The number of ether oxygens (including phenoxy) is 1. The Balaban J connectivity index is 1.98. The second-order valence-corrected chi connectivity index (χ2v) is 3.63. The van der Waals surface area contributed by atoms with E-state index in [0.29, 0.717) is 18.2 Å². The fourth-order valence-electron chi connectivity index (χ4n) is 1.49. The second-order valence-electron chi connectivity index (χ2n) is 3.63. The lowest BCUT2D eigenvalue weighted by atomic mass is 10.4. The molecule has 2 rings (SSSR count). The predicted octanol–water partition coefficient (Wildman–Crippen LogP) is 1.65. The Kier molecular flexibility index (Phi) is 3.91. The minimum absolute atomic E-state index is 0.0709. The summed E-state index contributed by atoms with van der Waals surface area (Å²) in [6.07, 6.45) is 4.18. The number of hydrogen-bond donors (Lipinski definition) is 1. The van der Waals surface area contributed by atoms with Crippen molar-refractivity contribution in [3.63, 3.8) is 0 Å². The summed E-state index contributed by atoms with van der Waals surface area (Å²) >= 11 is 0. The van der Waals surface area contributed by atoms with E-state index in [0.717, 1.165) is 0 Å². The zero-order valence-corrected chi connectivity index (χ0v) is 10.3. The summed E-state index contributed by atoms with van der Waals surface area (Å²) in [5.41, 5.74) is 0. The molecule has 2 aromatic rings. The van der Waals surface area contributed by atoms with E-state index in [9.17, 15) is 10.1 Å². The summed E-state index contributed by atoms with van der Waals surface area (Å²) < 4.78 is 6.65. The van der Waals surface area contributed by atoms with Gasteiger partial charge in [-0.25, -0.2) is 9.97 Å². The van der Waals surface area contributed by atoms with Crippen LogP contribution >= 0.6 is 0 Å². The van der Waals surface area contributed by atoms with Gasteiger partial charge >= 0.3 is 5.82 Å². The van der Waals surface area contributed by atoms with Gasteiger partial charge in [-0.3, -0.25) is 0 Å². The third-order valence-corrected chi connectivity index (χ3v) is 2.36. The number of aromatic nitrogens is 3. The zero-order valence-electron chi connectivity index (χ0n) is 10.3. The Labute approximate surface area is 109 Å². The molecule has 19 heavy (non-hydrogen) atoms. The summed E-state index contributed by atoms with van der Waals surface area (Å²) in [5, 5.41) is 13.7. The van der Waals surface area contributed by atoms with Crippen LogP contribution in [0.5, 0.6) is 5.75 Å². The summed E-state index contributed by atoms with van der Waals surface area (Å²) in [5.74, 6) is 1.21. The average molecular weight is 263 g/mol. The van der Waals surface area contributed by atoms with E-state index < -0.39 is 4.92 Å². The van der Waals surface area contributed by atoms with Crippen molar-refractivity contribution in [1.82, 2.24) is 14.5 Å². The van der Waals surface area contributed by atoms with E-state index in [1.54, 1.807) is 18.3 Å².